The number of benzene rings is 2. The Morgan fingerprint density at radius 2 is 1.68 bits per heavy atom. The molecule has 31 heavy (non-hydrogen) atoms. The number of piperidine rings is 1. The molecule has 2 amide bonds. The molecule has 3 aromatic rings. The summed E-state index contributed by atoms with van der Waals surface area (Å²) in [6.45, 7) is 1.37. The Kier molecular flexibility index (Phi) is 5.79. The molecule has 9 heteroatoms. The number of hydrogen-bond donors (Lipinski definition) is 2. The van der Waals surface area contributed by atoms with Crippen LogP contribution in [0.1, 0.15) is 35.2 Å². The lowest BCUT2D eigenvalue weighted by molar-refractivity contribution is 0.100. The lowest BCUT2D eigenvalue weighted by Gasteiger charge is -2.25. The number of sulfonamides is 1. The minimum Gasteiger partial charge on any atom is -0.366 e. The first-order valence-corrected chi connectivity index (χ1v) is 11.6. The molecule has 162 valence electrons. The van der Waals surface area contributed by atoms with Gasteiger partial charge in [0.2, 0.25) is 15.9 Å². The van der Waals surface area contributed by atoms with E-state index in [0.717, 1.165) is 30.2 Å². The minimum absolute atomic E-state index is 0.252. The number of fused-ring (bicyclic) bond motifs is 1. The molecule has 0 saturated carbocycles. The molecule has 2 aromatic carbocycles. The summed E-state index contributed by atoms with van der Waals surface area (Å²) in [7, 11) is -3.47. The minimum atomic E-state index is -3.47. The smallest absolute Gasteiger partial charge is 0.326 e. The molecule has 0 aliphatic carbocycles. The van der Waals surface area contributed by atoms with E-state index in [2.05, 4.69) is 5.32 Å². The highest BCUT2D eigenvalue weighted by atomic mass is 32.2. The molecule has 3 N–H and O–H groups in total. The zero-order valence-electron chi connectivity index (χ0n) is 17.0. The largest absolute Gasteiger partial charge is 0.366 e. The monoisotopic (exact) mass is 440 g/mol. The summed E-state index contributed by atoms with van der Waals surface area (Å²) in [6, 6.07) is 12.9. The Balaban J connectivity index is 1.43. The van der Waals surface area contributed by atoms with Crippen LogP contribution in [0.25, 0.3) is 10.9 Å². The summed E-state index contributed by atoms with van der Waals surface area (Å²) in [5.41, 5.74) is 7.13. The number of rotatable bonds is 5. The van der Waals surface area contributed by atoms with Gasteiger partial charge < -0.3 is 11.1 Å². The van der Waals surface area contributed by atoms with Crippen molar-refractivity contribution in [1.29, 1.82) is 0 Å². The molecular weight excluding hydrogens is 416 g/mol. The van der Waals surface area contributed by atoms with Gasteiger partial charge in [0.1, 0.15) is 0 Å². The highest BCUT2D eigenvalue weighted by Crippen LogP contribution is 2.21. The number of nitrogens with one attached hydrogen (secondary N) is 1. The number of amides is 2. The molecular formula is C22H24N4O4S. The van der Waals surface area contributed by atoms with Crippen molar-refractivity contribution < 1.29 is 18.0 Å². The van der Waals surface area contributed by atoms with Gasteiger partial charge in [0.15, 0.2) is 0 Å². The zero-order chi connectivity index (χ0) is 22.0. The lowest BCUT2D eigenvalue weighted by atomic mass is 10.1. The highest BCUT2D eigenvalue weighted by molar-refractivity contribution is 7.89. The first-order chi connectivity index (χ1) is 14.9. The molecule has 1 aliphatic heterocycles. The maximum Gasteiger partial charge on any atom is 0.326 e. The predicted molar refractivity (Wildman–Crippen MR) is 117 cm³/mol. The summed E-state index contributed by atoms with van der Waals surface area (Å²) in [5.74, 6) is -0.523. The van der Waals surface area contributed by atoms with Gasteiger partial charge in [-0.2, -0.15) is 4.31 Å². The Bertz CT molecular complexity index is 1230. The van der Waals surface area contributed by atoms with Crippen LogP contribution < -0.4 is 11.1 Å². The van der Waals surface area contributed by atoms with Gasteiger partial charge in [-0.15, -0.1) is 0 Å². The normalized spacial score (nSPS) is 15.1. The number of primary amides is 1. The molecule has 0 spiro atoms. The van der Waals surface area contributed by atoms with Crippen molar-refractivity contribution in [2.75, 3.05) is 13.1 Å². The van der Waals surface area contributed by atoms with E-state index in [4.69, 9.17) is 5.73 Å². The van der Waals surface area contributed by atoms with Gasteiger partial charge in [0.25, 0.3) is 0 Å². The van der Waals surface area contributed by atoms with E-state index in [9.17, 15) is 18.0 Å². The van der Waals surface area contributed by atoms with E-state index in [0.29, 0.717) is 24.2 Å². The van der Waals surface area contributed by atoms with Crippen molar-refractivity contribution >= 4 is 32.9 Å². The van der Waals surface area contributed by atoms with E-state index in [1.807, 2.05) is 0 Å². The van der Waals surface area contributed by atoms with Crippen LogP contribution in [0.2, 0.25) is 0 Å². The molecule has 2 heterocycles. The second kappa shape index (κ2) is 8.52. The Morgan fingerprint density at radius 1 is 0.968 bits per heavy atom. The van der Waals surface area contributed by atoms with Crippen LogP contribution in [0.15, 0.2) is 59.6 Å². The Morgan fingerprint density at radius 3 is 2.35 bits per heavy atom. The van der Waals surface area contributed by atoms with Crippen LogP contribution in [0.5, 0.6) is 0 Å². The lowest BCUT2D eigenvalue weighted by Crippen LogP contribution is -2.35. The van der Waals surface area contributed by atoms with Gasteiger partial charge in [0.05, 0.1) is 10.4 Å². The van der Waals surface area contributed by atoms with Gasteiger partial charge in [-0.25, -0.2) is 13.2 Å². The van der Waals surface area contributed by atoms with Crippen LogP contribution >= 0.6 is 0 Å². The van der Waals surface area contributed by atoms with Crippen molar-refractivity contribution in [3.8, 4) is 0 Å². The van der Waals surface area contributed by atoms with Crippen molar-refractivity contribution in [2.45, 2.75) is 30.7 Å². The van der Waals surface area contributed by atoms with Gasteiger partial charge in [-0.3, -0.25) is 9.36 Å². The maximum atomic E-state index is 12.7. The second-order valence-corrected chi connectivity index (χ2v) is 9.53. The Hall–Kier alpha value is -3.17. The molecule has 4 rings (SSSR count). The topological polar surface area (TPSA) is 114 Å². The number of nitrogens with zero attached hydrogens (tertiary/aromatic N) is 2. The van der Waals surface area contributed by atoms with E-state index in [1.54, 1.807) is 54.7 Å². The summed E-state index contributed by atoms with van der Waals surface area (Å²) in [4.78, 5) is 24.2. The van der Waals surface area contributed by atoms with Gasteiger partial charge in [-0.1, -0.05) is 18.6 Å². The van der Waals surface area contributed by atoms with Crippen molar-refractivity contribution in [3.63, 3.8) is 0 Å². The molecule has 1 aromatic heterocycles. The third-order valence-electron chi connectivity index (χ3n) is 5.51. The fourth-order valence-electron chi connectivity index (χ4n) is 3.77. The van der Waals surface area contributed by atoms with E-state index < -0.39 is 15.9 Å². The third kappa shape index (κ3) is 4.33. The molecule has 1 saturated heterocycles. The average Bonchev–Trinajstić information content (AvgIpc) is 3.22. The number of hydrogen-bond acceptors (Lipinski definition) is 4. The van der Waals surface area contributed by atoms with E-state index in [1.165, 1.54) is 8.87 Å². The number of carbonyl (C=O) groups is 2. The highest BCUT2D eigenvalue weighted by Gasteiger charge is 2.25. The van der Waals surface area contributed by atoms with E-state index >= 15 is 0 Å². The average molecular weight is 441 g/mol. The van der Waals surface area contributed by atoms with Crippen LogP contribution in [0, 0.1) is 0 Å². The van der Waals surface area contributed by atoms with Gasteiger partial charge in [-0.05, 0) is 54.8 Å². The van der Waals surface area contributed by atoms with Crippen LogP contribution in [0.3, 0.4) is 0 Å². The van der Waals surface area contributed by atoms with Crippen LogP contribution in [-0.4, -0.2) is 42.3 Å². The summed E-state index contributed by atoms with van der Waals surface area (Å²) in [5, 5.41) is 3.56. The first kappa shape index (κ1) is 21.1. The standard InChI is InChI=1S/C22H24N4O4S/c23-21(27)18-6-9-20-17(14-18)10-13-26(20)22(28)24-15-16-4-7-19(8-5-16)31(29,30)25-11-2-1-3-12-25/h4-10,13-14H,1-3,11-12,15H2,(H2,23,27)(H,24,28). The first-order valence-electron chi connectivity index (χ1n) is 10.1. The molecule has 1 aliphatic rings. The van der Waals surface area contributed by atoms with Crippen LogP contribution in [-0.2, 0) is 16.6 Å². The maximum absolute atomic E-state index is 12.7. The summed E-state index contributed by atoms with van der Waals surface area (Å²) in [6.07, 6.45) is 4.47. The summed E-state index contributed by atoms with van der Waals surface area (Å²) < 4.78 is 28.5. The molecule has 8 nitrogen and oxygen atoms in total. The fourth-order valence-corrected chi connectivity index (χ4v) is 5.29. The van der Waals surface area contributed by atoms with Crippen molar-refractivity contribution in [3.05, 3.63) is 65.9 Å². The van der Waals surface area contributed by atoms with Crippen molar-refractivity contribution in [1.82, 2.24) is 14.2 Å². The van der Waals surface area contributed by atoms with E-state index in [-0.39, 0.29) is 17.5 Å². The second-order valence-electron chi connectivity index (χ2n) is 7.59. The molecule has 0 radical (unpaired) electrons. The third-order valence-corrected chi connectivity index (χ3v) is 7.43. The number of nitrogens with two attached hydrogens (primary N) is 1. The Labute approximate surface area is 180 Å². The molecule has 0 atom stereocenters. The van der Waals surface area contributed by atoms with Gasteiger partial charge >= 0.3 is 6.03 Å². The molecule has 1 fully saturated rings. The SMILES string of the molecule is NC(=O)c1ccc2c(ccn2C(=O)NCc2ccc(S(=O)(=O)N3CCCCC3)cc2)c1. The number of aromatic nitrogens is 1. The number of carbonyl (C=O) groups excluding carboxylic acids is 2. The van der Waals surface area contributed by atoms with Gasteiger partial charge in [0, 0.05) is 36.8 Å². The van der Waals surface area contributed by atoms with Crippen molar-refractivity contribution in [2.24, 2.45) is 5.73 Å². The molecule has 0 bridgehead atoms. The zero-order valence-corrected chi connectivity index (χ0v) is 17.8. The fraction of sp³-hybridized carbons (Fsp3) is 0.273. The summed E-state index contributed by atoms with van der Waals surface area (Å²) >= 11 is 0. The van der Waals surface area contributed by atoms with Crippen LogP contribution in [0.4, 0.5) is 4.79 Å². The quantitative estimate of drug-likeness (QED) is 0.635. The predicted octanol–water partition coefficient (Wildman–Crippen LogP) is 2.67. The molecule has 0 unspecified atom stereocenters.